The lowest BCUT2D eigenvalue weighted by atomic mass is 10.1. The van der Waals surface area contributed by atoms with Crippen molar-refractivity contribution in [3.05, 3.63) is 59.7 Å². The normalized spacial score (nSPS) is 10.7. The highest BCUT2D eigenvalue weighted by atomic mass is 32.2. The molecule has 0 aliphatic heterocycles. The molecule has 0 saturated carbocycles. The Hall–Kier alpha value is -2.93. The van der Waals surface area contributed by atoms with E-state index in [0.717, 1.165) is 27.9 Å². The molecule has 150 valence electrons. The zero-order valence-electron chi connectivity index (χ0n) is 16.8. The first-order valence-electron chi connectivity index (χ1n) is 9.45. The molecule has 3 aromatic rings. The fraction of sp³-hybridized carbons (Fsp3) is 0.273. The maximum Gasteiger partial charge on any atom is 0.224 e. The minimum Gasteiger partial charge on any atom is -0.325 e. The van der Waals surface area contributed by atoms with Crippen LogP contribution < -0.4 is 5.32 Å². The highest BCUT2D eigenvalue weighted by Crippen LogP contribution is 2.25. The number of Topliss-reactive ketones (excluding diaryl/α,β-unsaturated/α-hetero) is 1. The molecule has 0 aliphatic carbocycles. The lowest BCUT2D eigenvalue weighted by molar-refractivity contribution is -0.116. The monoisotopic (exact) mass is 408 g/mol. The molecule has 6 nitrogen and oxygen atoms in total. The number of carbonyl (C=O) groups excluding carboxylic acids is 2. The topological polar surface area (TPSA) is 76.9 Å². The van der Waals surface area contributed by atoms with Gasteiger partial charge in [-0.1, -0.05) is 48.2 Å². The molecule has 0 spiro atoms. The number of hydrogen-bond acceptors (Lipinski definition) is 5. The molecule has 0 bridgehead atoms. The first-order valence-corrected chi connectivity index (χ1v) is 10.4. The predicted molar refractivity (Wildman–Crippen MR) is 116 cm³/mol. The molecule has 1 N–H and O–H groups in total. The van der Waals surface area contributed by atoms with Crippen LogP contribution in [-0.2, 0) is 11.8 Å². The van der Waals surface area contributed by atoms with Gasteiger partial charge in [-0.05, 0) is 38.0 Å². The molecule has 0 fully saturated rings. The zero-order valence-corrected chi connectivity index (χ0v) is 17.6. The van der Waals surface area contributed by atoms with Gasteiger partial charge in [-0.2, -0.15) is 0 Å². The van der Waals surface area contributed by atoms with Crippen molar-refractivity contribution in [2.45, 2.75) is 31.8 Å². The van der Waals surface area contributed by atoms with Gasteiger partial charge in [0, 0.05) is 30.3 Å². The molecule has 3 rings (SSSR count). The molecular weight excluding hydrogens is 384 g/mol. The van der Waals surface area contributed by atoms with Crippen molar-refractivity contribution in [1.29, 1.82) is 0 Å². The van der Waals surface area contributed by atoms with Crippen LogP contribution in [0.3, 0.4) is 0 Å². The quantitative estimate of drug-likeness (QED) is 0.337. The zero-order chi connectivity index (χ0) is 20.8. The van der Waals surface area contributed by atoms with E-state index in [2.05, 4.69) is 28.5 Å². The van der Waals surface area contributed by atoms with Gasteiger partial charge in [0.1, 0.15) is 0 Å². The number of amides is 1. The third-order valence-corrected chi connectivity index (χ3v) is 5.69. The van der Waals surface area contributed by atoms with Crippen LogP contribution in [0, 0.1) is 6.92 Å². The number of anilines is 1. The second kappa shape index (κ2) is 9.52. The summed E-state index contributed by atoms with van der Waals surface area (Å²) in [6, 6.07) is 15.1. The second-order valence-corrected chi connectivity index (χ2v) is 7.84. The molecule has 0 atom stereocenters. The van der Waals surface area contributed by atoms with Gasteiger partial charge in [0.15, 0.2) is 16.8 Å². The highest BCUT2D eigenvalue weighted by molar-refractivity contribution is 7.99. The maximum absolute atomic E-state index is 12.2. The van der Waals surface area contributed by atoms with Gasteiger partial charge >= 0.3 is 0 Å². The van der Waals surface area contributed by atoms with E-state index < -0.39 is 0 Å². The summed E-state index contributed by atoms with van der Waals surface area (Å²) in [5, 5.41) is 12.3. The van der Waals surface area contributed by atoms with E-state index in [0.29, 0.717) is 24.1 Å². The average Bonchev–Trinajstić information content (AvgIpc) is 3.06. The van der Waals surface area contributed by atoms with Crippen LogP contribution in [0.4, 0.5) is 5.69 Å². The Morgan fingerprint density at radius 2 is 1.79 bits per heavy atom. The first-order chi connectivity index (χ1) is 14.0. The Morgan fingerprint density at radius 1 is 1.07 bits per heavy atom. The predicted octanol–water partition coefficient (Wildman–Crippen LogP) is 4.50. The van der Waals surface area contributed by atoms with Gasteiger partial charge < -0.3 is 9.88 Å². The molecule has 2 aromatic carbocycles. The number of carbonyl (C=O) groups is 2. The van der Waals surface area contributed by atoms with E-state index in [1.807, 2.05) is 29.8 Å². The SMILES string of the molecule is CC(=O)c1ccccc1NC(=O)CCCSc1nnc(-c2ccccc2C)n1C. The van der Waals surface area contributed by atoms with Crippen molar-refractivity contribution in [2.24, 2.45) is 7.05 Å². The number of ketones is 1. The van der Waals surface area contributed by atoms with Crippen molar-refractivity contribution in [3.8, 4) is 11.4 Å². The van der Waals surface area contributed by atoms with Gasteiger partial charge in [-0.25, -0.2) is 0 Å². The Bertz CT molecular complexity index is 1030. The van der Waals surface area contributed by atoms with E-state index in [1.54, 1.807) is 36.0 Å². The van der Waals surface area contributed by atoms with Gasteiger partial charge in [0.05, 0.1) is 5.69 Å². The summed E-state index contributed by atoms with van der Waals surface area (Å²) in [7, 11) is 1.95. The lowest BCUT2D eigenvalue weighted by Crippen LogP contribution is -2.14. The van der Waals surface area contributed by atoms with Crippen LogP contribution in [0.1, 0.15) is 35.7 Å². The van der Waals surface area contributed by atoms with E-state index in [4.69, 9.17) is 0 Å². The van der Waals surface area contributed by atoms with Crippen molar-refractivity contribution in [3.63, 3.8) is 0 Å². The van der Waals surface area contributed by atoms with Crippen LogP contribution in [0.25, 0.3) is 11.4 Å². The summed E-state index contributed by atoms with van der Waals surface area (Å²) in [5.41, 5.74) is 3.31. The highest BCUT2D eigenvalue weighted by Gasteiger charge is 2.13. The molecule has 0 unspecified atom stereocenters. The van der Waals surface area contributed by atoms with Crippen LogP contribution in [0.5, 0.6) is 0 Å². The van der Waals surface area contributed by atoms with Crippen LogP contribution >= 0.6 is 11.8 Å². The summed E-state index contributed by atoms with van der Waals surface area (Å²) >= 11 is 1.58. The minimum absolute atomic E-state index is 0.0665. The second-order valence-electron chi connectivity index (χ2n) is 6.78. The minimum atomic E-state index is -0.0992. The molecule has 29 heavy (non-hydrogen) atoms. The summed E-state index contributed by atoms with van der Waals surface area (Å²) in [4.78, 5) is 23.9. The van der Waals surface area contributed by atoms with Crippen LogP contribution in [0.15, 0.2) is 53.7 Å². The molecular formula is C22H24N4O2S. The molecule has 0 saturated heterocycles. The fourth-order valence-corrected chi connectivity index (χ4v) is 3.86. The van der Waals surface area contributed by atoms with Crippen molar-refractivity contribution in [2.75, 3.05) is 11.1 Å². The maximum atomic E-state index is 12.2. The number of nitrogens with zero attached hydrogens (tertiary/aromatic N) is 3. The van der Waals surface area contributed by atoms with Crippen molar-refractivity contribution < 1.29 is 9.59 Å². The van der Waals surface area contributed by atoms with Crippen molar-refractivity contribution >= 4 is 29.1 Å². The number of nitrogens with one attached hydrogen (secondary N) is 1. The smallest absolute Gasteiger partial charge is 0.224 e. The average molecular weight is 409 g/mol. The number of aromatic nitrogens is 3. The number of rotatable bonds is 8. The first kappa shape index (κ1) is 20.8. The van der Waals surface area contributed by atoms with Gasteiger partial charge in [0.2, 0.25) is 5.91 Å². The summed E-state index contributed by atoms with van der Waals surface area (Å²) in [5.74, 6) is 1.42. The van der Waals surface area contributed by atoms with Crippen molar-refractivity contribution in [1.82, 2.24) is 14.8 Å². The molecule has 0 radical (unpaired) electrons. The van der Waals surface area contributed by atoms with E-state index in [9.17, 15) is 9.59 Å². The Labute approximate surface area is 174 Å². The van der Waals surface area contributed by atoms with Gasteiger partial charge in [-0.15, -0.1) is 10.2 Å². The summed E-state index contributed by atoms with van der Waals surface area (Å²) in [6.45, 7) is 3.55. The Kier molecular flexibility index (Phi) is 6.82. The lowest BCUT2D eigenvalue weighted by Gasteiger charge is -2.09. The van der Waals surface area contributed by atoms with Crippen LogP contribution in [-0.4, -0.2) is 32.2 Å². The Morgan fingerprint density at radius 3 is 2.55 bits per heavy atom. The van der Waals surface area contributed by atoms with Gasteiger partial charge in [0.25, 0.3) is 0 Å². The summed E-state index contributed by atoms with van der Waals surface area (Å²) in [6.07, 6.45) is 1.08. The van der Waals surface area contributed by atoms with E-state index >= 15 is 0 Å². The third-order valence-electron chi connectivity index (χ3n) is 4.58. The number of aryl methyl sites for hydroxylation is 1. The summed E-state index contributed by atoms with van der Waals surface area (Å²) < 4.78 is 1.98. The van der Waals surface area contributed by atoms with E-state index in [1.165, 1.54) is 6.92 Å². The standard InChI is InChI=1S/C22H24N4O2S/c1-15-9-4-5-10-17(15)21-24-25-22(26(21)3)29-14-8-13-20(28)23-19-12-7-6-11-18(19)16(2)27/h4-7,9-12H,8,13-14H2,1-3H3,(H,23,28). The Balaban J connectivity index is 1.52. The molecule has 7 heteroatoms. The van der Waals surface area contributed by atoms with Crippen LogP contribution in [0.2, 0.25) is 0 Å². The number of thioether (sulfide) groups is 1. The van der Waals surface area contributed by atoms with E-state index in [-0.39, 0.29) is 11.7 Å². The fourth-order valence-electron chi connectivity index (χ4n) is 3.01. The molecule has 0 aliphatic rings. The largest absolute Gasteiger partial charge is 0.325 e. The molecule has 1 aromatic heterocycles. The molecule has 1 amide bonds. The molecule has 1 heterocycles. The number of para-hydroxylation sites is 1. The van der Waals surface area contributed by atoms with Gasteiger partial charge in [-0.3, -0.25) is 9.59 Å². The number of hydrogen-bond donors (Lipinski definition) is 1. The third kappa shape index (κ3) is 5.12. The number of benzene rings is 2.